The quantitative estimate of drug-likeness (QED) is 0.0119. The number of non-ortho nitro benzene ring substituents is 1. The standard InChI is InChI=1S/C52H75NO13Si/c1-12-45(61-50(55)40-23-18-17-19-24-40)38(9)49-46(60-49)33-35(6)21-20-22-36(7)48-37(8)25-30-44(51(56)65-64-42-28-26-41(27-29-42)53(57)58)52(11,63-39(10)59-13-2)32-31-43(34-47(54)62-48)66-67(14-3,15-4)16-5/h17-30,35,37-39,43-46,48-49H,12-16,31-34H2,1-11H3/b21-20+,30-25+,36-22+. The van der Waals surface area contributed by atoms with Gasteiger partial charge in [0.15, 0.2) is 20.4 Å². The van der Waals surface area contributed by atoms with Gasteiger partial charge in [0.05, 0.1) is 40.8 Å². The fourth-order valence-electron chi connectivity index (χ4n) is 8.91. The van der Waals surface area contributed by atoms with E-state index in [1.165, 1.54) is 24.3 Å². The average Bonchev–Trinajstić information content (AvgIpc) is 4.08. The lowest BCUT2D eigenvalue weighted by Gasteiger charge is -2.39. The van der Waals surface area contributed by atoms with Crippen molar-refractivity contribution in [3.63, 3.8) is 0 Å². The molecule has 0 amide bonds. The number of allylic oxidation sites excluding steroid dienone is 3. The summed E-state index contributed by atoms with van der Waals surface area (Å²) in [6.07, 6.45) is 9.57. The van der Waals surface area contributed by atoms with Crippen LogP contribution in [0.4, 0.5) is 5.69 Å². The second-order valence-corrected chi connectivity index (χ2v) is 23.0. The Morgan fingerprint density at radius 2 is 1.66 bits per heavy atom. The number of carbonyl (C=O) groups is 3. The fraction of sp³-hybridized carbons (Fsp3) is 0.596. The van der Waals surface area contributed by atoms with Crippen LogP contribution in [0.3, 0.4) is 0 Å². The maximum atomic E-state index is 14.2. The third kappa shape index (κ3) is 16.2. The topological polar surface area (TPSA) is 171 Å². The number of nitrogens with zero attached hydrogens (tertiary/aromatic N) is 1. The van der Waals surface area contributed by atoms with Crippen molar-refractivity contribution in [2.45, 2.75) is 169 Å². The molecule has 2 aromatic rings. The highest BCUT2D eigenvalue weighted by Crippen LogP contribution is 2.39. The molecule has 67 heavy (non-hydrogen) atoms. The first-order valence-electron chi connectivity index (χ1n) is 24.2. The van der Waals surface area contributed by atoms with Crippen LogP contribution in [0.15, 0.2) is 90.6 Å². The highest BCUT2D eigenvalue weighted by Gasteiger charge is 2.47. The van der Waals surface area contributed by atoms with Gasteiger partial charge >= 0.3 is 17.9 Å². The Kier molecular flexibility index (Phi) is 21.5. The van der Waals surface area contributed by atoms with E-state index < -0.39 is 55.1 Å². The van der Waals surface area contributed by atoms with Crippen LogP contribution >= 0.6 is 0 Å². The summed E-state index contributed by atoms with van der Waals surface area (Å²) in [6.45, 7) is 22.3. The minimum Gasteiger partial charge on any atom is -0.458 e. The van der Waals surface area contributed by atoms with Gasteiger partial charge in [0.2, 0.25) is 0 Å². The molecule has 2 aromatic carbocycles. The van der Waals surface area contributed by atoms with Gasteiger partial charge in [-0.25, -0.2) is 14.5 Å². The first-order valence-corrected chi connectivity index (χ1v) is 26.7. The number of nitro groups is 1. The third-order valence-electron chi connectivity index (χ3n) is 13.3. The van der Waals surface area contributed by atoms with Crippen molar-refractivity contribution in [1.82, 2.24) is 0 Å². The Hall–Kier alpha value is -4.67. The number of cyclic esters (lactones) is 1. The number of ether oxygens (including phenoxy) is 5. The monoisotopic (exact) mass is 950 g/mol. The molecule has 0 spiro atoms. The van der Waals surface area contributed by atoms with Crippen molar-refractivity contribution in [1.29, 1.82) is 0 Å². The Balaban J connectivity index is 1.59. The van der Waals surface area contributed by atoms with Gasteiger partial charge in [0, 0.05) is 30.6 Å². The van der Waals surface area contributed by atoms with E-state index in [9.17, 15) is 24.5 Å². The maximum absolute atomic E-state index is 14.2. The molecule has 2 aliphatic rings. The van der Waals surface area contributed by atoms with E-state index in [0.29, 0.717) is 25.0 Å². The number of benzene rings is 2. The van der Waals surface area contributed by atoms with Crippen molar-refractivity contribution in [2.75, 3.05) is 6.61 Å². The summed E-state index contributed by atoms with van der Waals surface area (Å²) in [5.41, 5.74) is -0.0409. The fourth-order valence-corrected chi connectivity index (χ4v) is 11.8. The van der Waals surface area contributed by atoms with Crippen molar-refractivity contribution in [3.8, 4) is 5.75 Å². The van der Waals surface area contributed by atoms with Crippen LogP contribution in [0, 0.1) is 33.8 Å². The highest BCUT2D eigenvalue weighted by molar-refractivity contribution is 6.73. The van der Waals surface area contributed by atoms with E-state index >= 15 is 0 Å². The summed E-state index contributed by atoms with van der Waals surface area (Å²) in [5, 5.41) is 11.2. The summed E-state index contributed by atoms with van der Waals surface area (Å²) in [4.78, 5) is 62.6. The zero-order valence-electron chi connectivity index (χ0n) is 41.5. The van der Waals surface area contributed by atoms with Gasteiger partial charge in [-0.05, 0) is 107 Å². The zero-order valence-corrected chi connectivity index (χ0v) is 42.5. The van der Waals surface area contributed by atoms with Crippen LogP contribution in [0.25, 0.3) is 0 Å². The van der Waals surface area contributed by atoms with Crippen molar-refractivity contribution < 1.29 is 57.2 Å². The van der Waals surface area contributed by atoms with Gasteiger partial charge in [-0.3, -0.25) is 19.8 Å². The molecular formula is C52H75NO13Si. The molecular weight excluding hydrogens is 875 g/mol. The van der Waals surface area contributed by atoms with Crippen LogP contribution < -0.4 is 4.89 Å². The van der Waals surface area contributed by atoms with E-state index in [0.717, 1.165) is 30.1 Å². The molecule has 4 rings (SSSR count). The molecule has 0 saturated carbocycles. The van der Waals surface area contributed by atoms with Crippen LogP contribution in [0.1, 0.15) is 119 Å². The number of epoxide rings is 1. The minimum atomic E-state index is -2.23. The molecule has 0 radical (unpaired) electrons. The molecule has 0 aromatic heterocycles. The predicted octanol–water partition coefficient (Wildman–Crippen LogP) is 11.5. The number of esters is 2. The van der Waals surface area contributed by atoms with Gasteiger partial charge in [-0.1, -0.05) is 97.0 Å². The molecule has 14 nitrogen and oxygen atoms in total. The largest absolute Gasteiger partial charge is 0.458 e. The van der Waals surface area contributed by atoms with Crippen molar-refractivity contribution in [3.05, 3.63) is 106 Å². The number of carbonyl (C=O) groups excluding carboxylic acids is 3. The maximum Gasteiger partial charge on any atom is 0.365 e. The van der Waals surface area contributed by atoms with Gasteiger partial charge in [0.25, 0.3) is 5.69 Å². The molecule has 2 aliphatic heterocycles. The molecule has 0 N–H and O–H groups in total. The number of hydrogen-bond acceptors (Lipinski definition) is 13. The van der Waals surface area contributed by atoms with Crippen LogP contribution in [-0.2, 0) is 42.6 Å². The second kappa shape index (κ2) is 26.2. The van der Waals surface area contributed by atoms with E-state index in [4.69, 9.17) is 37.9 Å². The summed E-state index contributed by atoms with van der Waals surface area (Å²) < 4.78 is 37.8. The first kappa shape index (κ1) is 54.9. The van der Waals surface area contributed by atoms with E-state index in [1.54, 1.807) is 25.1 Å². The lowest BCUT2D eigenvalue weighted by molar-refractivity contribution is -0.384. The van der Waals surface area contributed by atoms with Gasteiger partial charge < -0.3 is 28.1 Å². The normalized spacial score (nSPS) is 26.2. The molecule has 1 fully saturated rings. The lowest BCUT2D eigenvalue weighted by Crippen LogP contribution is -2.47. The van der Waals surface area contributed by atoms with Gasteiger partial charge in [-0.2, -0.15) is 0 Å². The summed E-state index contributed by atoms with van der Waals surface area (Å²) >= 11 is 0. The van der Waals surface area contributed by atoms with Crippen molar-refractivity contribution >= 4 is 31.9 Å². The summed E-state index contributed by atoms with van der Waals surface area (Å²) in [6, 6.07) is 16.8. The van der Waals surface area contributed by atoms with Gasteiger partial charge in [0.1, 0.15) is 18.1 Å². The van der Waals surface area contributed by atoms with E-state index in [2.05, 4.69) is 40.7 Å². The molecule has 11 atom stereocenters. The van der Waals surface area contributed by atoms with Crippen LogP contribution in [-0.4, -0.2) is 80.2 Å². The Bertz CT molecular complexity index is 1980. The first-order chi connectivity index (χ1) is 31.9. The SMILES string of the molecule is CCOC(C)OC1(C)CCC(O[Si](CC)(CC)CC)CC(=O)OC(/C(C)=C/C=C/C(C)CC2OC2C(C)C(CC)OC(=O)c2ccccc2)C(C)/C=C/C1C(=O)OOc1ccc([N+](=O)[O-])cc1. The number of hydrogen-bond donors (Lipinski definition) is 0. The highest BCUT2D eigenvalue weighted by atomic mass is 28.4. The molecule has 370 valence electrons. The van der Waals surface area contributed by atoms with E-state index in [-0.39, 0.29) is 66.4 Å². The smallest absolute Gasteiger partial charge is 0.365 e. The third-order valence-corrected chi connectivity index (χ3v) is 18.0. The number of nitro benzene ring substituents is 1. The predicted molar refractivity (Wildman–Crippen MR) is 258 cm³/mol. The molecule has 2 heterocycles. The molecule has 0 bridgehead atoms. The molecule has 11 unspecified atom stereocenters. The summed E-state index contributed by atoms with van der Waals surface area (Å²) in [7, 11) is -2.23. The van der Waals surface area contributed by atoms with Gasteiger partial charge in [-0.15, -0.1) is 0 Å². The molecule has 15 heteroatoms. The molecule has 1 saturated heterocycles. The van der Waals surface area contributed by atoms with Crippen LogP contribution in [0.5, 0.6) is 5.75 Å². The second-order valence-electron chi connectivity index (χ2n) is 18.3. The number of rotatable bonds is 23. The lowest BCUT2D eigenvalue weighted by atomic mass is 9.82. The Morgan fingerprint density at radius 3 is 2.27 bits per heavy atom. The average molecular weight is 950 g/mol. The van der Waals surface area contributed by atoms with Crippen molar-refractivity contribution in [2.24, 2.45) is 23.7 Å². The summed E-state index contributed by atoms with van der Waals surface area (Å²) in [5.74, 6) is -2.63. The minimum absolute atomic E-state index is 0.0119. The van der Waals surface area contributed by atoms with E-state index in [1.807, 2.05) is 71.0 Å². The Labute approximate surface area is 398 Å². The molecule has 0 aliphatic carbocycles. The zero-order chi connectivity index (χ0) is 49.3. The van der Waals surface area contributed by atoms with Crippen LogP contribution in [0.2, 0.25) is 18.1 Å². The Morgan fingerprint density at radius 1 is 0.985 bits per heavy atom.